The van der Waals surface area contributed by atoms with E-state index in [2.05, 4.69) is 70.6 Å². The van der Waals surface area contributed by atoms with E-state index in [-0.39, 0.29) is 0 Å². The Kier molecular flexibility index (Phi) is 7.12. The van der Waals surface area contributed by atoms with Crippen LogP contribution in [0.3, 0.4) is 0 Å². The summed E-state index contributed by atoms with van der Waals surface area (Å²) in [5.41, 5.74) is 3.54. The normalized spacial score (nSPS) is 14.1. The van der Waals surface area contributed by atoms with Crippen LogP contribution in [0, 0.1) is 11.5 Å². The van der Waals surface area contributed by atoms with Crippen molar-refractivity contribution in [1.29, 1.82) is 0 Å². The molecule has 0 aromatic rings. The lowest BCUT2D eigenvalue weighted by Gasteiger charge is -2.35. The summed E-state index contributed by atoms with van der Waals surface area (Å²) in [6.07, 6.45) is 2.40. The first-order valence-electron chi connectivity index (χ1n) is 6.99. The molecule has 0 saturated carbocycles. The van der Waals surface area contributed by atoms with Crippen molar-refractivity contribution in [3.05, 3.63) is 0 Å². The van der Waals surface area contributed by atoms with Crippen molar-refractivity contribution >= 4 is 8.07 Å². The SMILES string of the molecule is CCCC(C#C[Si](C)(C)C)N(C(C)C)C(C)C. The number of nitrogens with zero attached hydrogens (tertiary/aromatic N) is 1. The van der Waals surface area contributed by atoms with E-state index in [0.717, 1.165) is 0 Å². The van der Waals surface area contributed by atoms with Crippen LogP contribution in [-0.2, 0) is 0 Å². The van der Waals surface area contributed by atoms with Gasteiger partial charge in [0.05, 0.1) is 6.04 Å². The van der Waals surface area contributed by atoms with Crippen LogP contribution in [0.2, 0.25) is 19.6 Å². The Morgan fingerprint density at radius 2 is 1.47 bits per heavy atom. The molecule has 0 aromatic heterocycles. The Bertz CT molecular complexity index is 257. The van der Waals surface area contributed by atoms with Gasteiger partial charge >= 0.3 is 0 Å². The van der Waals surface area contributed by atoms with Crippen LogP contribution in [0.4, 0.5) is 0 Å². The minimum atomic E-state index is -1.25. The van der Waals surface area contributed by atoms with Crippen LogP contribution in [0.15, 0.2) is 0 Å². The largest absolute Gasteiger partial charge is 0.285 e. The summed E-state index contributed by atoms with van der Waals surface area (Å²) in [6, 6.07) is 1.58. The minimum absolute atomic E-state index is 0.437. The van der Waals surface area contributed by atoms with Crippen LogP contribution in [-0.4, -0.2) is 31.1 Å². The monoisotopic (exact) mass is 253 g/mol. The molecule has 0 rings (SSSR count). The summed E-state index contributed by atoms with van der Waals surface area (Å²) >= 11 is 0. The average Bonchev–Trinajstić information content (AvgIpc) is 2.12. The average molecular weight is 254 g/mol. The second kappa shape index (κ2) is 7.23. The van der Waals surface area contributed by atoms with Crippen molar-refractivity contribution in [2.24, 2.45) is 0 Å². The van der Waals surface area contributed by atoms with Crippen molar-refractivity contribution in [3.8, 4) is 11.5 Å². The summed E-state index contributed by atoms with van der Waals surface area (Å²) < 4.78 is 0. The van der Waals surface area contributed by atoms with E-state index in [1.165, 1.54) is 12.8 Å². The zero-order valence-electron chi connectivity index (χ0n) is 13.1. The first-order chi connectivity index (χ1) is 7.69. The quantitative estimate of drug-likeness (QED) is 0.525. The summed E-state index contributed by atoms with van der Waals surface area (Å²) in [6.45, 7) is 18.3. The highest BCUT2D eigenvalue weighted by Crippen LogP contribution is 2.15. The Hall–Kier alpha value is -0.263. The summed E-state index contributed by atoms with van der Waals surface area (Å²) in [5.74, 6) is 3.56. The minimum Gasteiger partial charge on any atom is -0.285 e. The Morgan fingerprint density at radius 1 is 1.00 bits per heavy atom. The van der Waals surface area contributed by atoms with Crippen molar-refractivity contribution in [3.63, 3.8) is 0 Å². The van der Waals surface area contributed by atoms with Gasteiger partial charge in [-0.2, -0.15) is 0 Å². The van der Waals surface area contributed by atoms with Crippen LogP contribution >= 0.6 is 0 Å². The molecule has 0 aliphatic carbocycles. The Labute approximate surface area is 110 Å². The molecule has 0 fully saturated rings. The van der Waals surface area contributed by atoms with Gasteiger partial charge in [0.15, 0.2) is 0 Å². The number of hydrogen-bond acceptors (Lipinski definition) is 1. The Morgan fingerprint density at radius 3 is 1.76 bits per heavy atom. The lowest BCUT2D eigenvalue weighted by Crippen LogP contribution is -2.44. The zero-order valence-corrected chi connectivity index (χ0v) is 14.1. The highest BCUT2D eigenvalue weighted by Gasteiger charge is 2.22. The standard InChI is InChI=1S/C15H31NSi/c1-9-10-15(11-12-17(6,7)8)16(13(2)3)14(4)5/h13-15H,9-10H2,1-8H3. The predicted molar refractivity (Wildman–Crippen MR) is 81.9 cm³/mol. The van der Waals surface area contributed by atoms with E-state index in [4.69, 9.17) is 0 Å². The molecule has 100 valence electrons. The van der Waals surface area contributed by atoms with Crippen molar-refractivity contribution < 1.29 is 0 Å². The lowest BCUT2D eigenvalue weighted by atomic mass is 10.1. The predicted octanol–water partition coefficient (Wildman–Crippen LogP) is 4.15. The molecule has 0 N–H and O–H groups in total. The van der Waals surface area contributed by atoms with Gasteiger partial charge in [-0.15, -0.1) is 5.54 Å². The fourth-order valence-corrected chi connectivity index (χ4v) is 2.78. The van der Waals surface area contributed by atoms with Gasteiger partial charge in [0.2, 0.25) is 0 Å². The lowest BCUT2D eigenvalue weighted by molar-refractivity contribution is 0.137. The van der Waals surface area contributed by atoms with E-state index in [0.29, 0.717) is 18.1 Å². The van der Waals surface area contributed by atoms with E-state index in [1.54, 1.807) is 0 Å². The highest BCUT2D eigenvalue weighted by atomic mass is 28.3. The van der Waals surface area contributed by atoms with Gasteiger partial charge < -0.3 is 0 Å². The molecule has 0 heterocycles. The van der Waals surface area contributed by atoms with Gasteiger partial charge in [0, 0.05) is 12.1 Å². The molecule has 0 aliphatic rings. The van der Waals surface area contributed by atoms with Crippen LogP contribution < -0.4 is 0 Å². The fraction of sp³-hybridized carbons (Fsp3) is 0.867. The summed E-state index contributed by atoms with van der Waals surface area (Å²) in [7, 11) is -1.25. The van der Waals surface area contributed by atoms with Crippen molar-refractivity contribution in [1.82, 2.24) is 4.90 Å². The smallest absolute Gasteiger partial charge is 0.129 e. The van der Waals surface area contributed by atoms with Crippen molar-refractivity contribution in [2.75, 3.05) is 0 Å². The molecule has 2 heteroatoms. The number of hydrogen-bond donors (Lipinski definition) is 0. The molecule has 0 aliphatic heterocycles. The zero-order chi connectivity index (χ0) is 13.6. The fourth-order valence-electron chi connectivity index (χ4n) is 2.19. The summed E-state index contributed by atoms with van der Waals surface area (Å²) in [4.78, 5) is 2.55. The molecule has 17 heavy (non-hydrogen) atoms. The topological polar surface area (TPSA) is 3.24 Å². The van der Waals surface area contributed by atoms with Crippen LogP contribution in [0.25, 0.3) is 0 Å². The molecule has 1 atom stereocenters. The van der Waals surface area contributed by atoms with Gasteiger partial charge in [-0.05, 0) is 34.1 Å². The third kappa shape index (κ3) is 6.91. The molecule has 0 saturated heterocycles. The maximum Gasteiger partial charge on any atom is 0.129 e. The van der Waals surface area contributed by atoms with Gasteiger partial charge in [-0.3, -0.25) is 4.90 Å². The molecule has 0 bridgehead atoms. The molecule has 0 spiro atoms. The molecular weight excluding hydrogens is 222 g/mol. The maximum absolute atomic E-state index is 3.56. The Balaban J connectivity index is 4.97. The molecule has 1 unspecified atom stereocenters. The molecule has 0 radical (unpaired) electrons. The van der Waals surface area contributed by atoms with E-state index < -0.39 is 8.07 Å². The van der Waals surface area contributed by atoms with Gasteiger partial charge in [-0.25, -0.2) is 0 Å². The van der Waals surface area contributed by atoms with Crippen LogP contribution in [0.1, 0.15) is 47.5 Å². The van der Waals surface area contributed by atoms with Gasteiger partial charge in [-0.1, -0.05) is 38.9 Å². The molecule has 0 amide bonds. The molecule has 1 nitrogen and oxygen atoms in total. The third-order valence-electron chi connectivity index (χ3n) is 2.73. The second-order valence-electron chi connectivity index (χ2n) is 6.46. The second-order valence-corrected chi connectivity index (χ2v) is 11.2. The number of rotatable bonds is 5. The van der Waals surface area contributed by atoms with E-state index >= 15 is 0 Å². The van der Waals surface area contributed by atoms with E-state index in [1.807, 2.05) is 0 Å². The molecule has 0 aromatic carbocycles. The van der Waals surface area contributed by atoms with E-state index in [9.17, 15) is 0 Å². The van der Waals surface area contributed by atoms with Crippen LogP contribution in [0.5, 0.6) is 0 Å². The maximum atomic E-state index is 3.56. The van der Waals surface area contributed by atoms with Crippen molar-refractivity contribution in [2.45, 2.75) is 85.2 Å². The van der Waals surface area contributed by atoms with Gasteiger partial charge in [0.25, 0.3) is 0 Å². The third-order valence-corrected chi connectivity index (χ3v) is 3.62. The summed E-state index contributed by atoms with van der Waals surface area (Å²) in [5, 5.41) is 0. The van der Waals surface area contributed by atoms with Gasteiger partial charge in [0.1, 0.15) is 8.07 Å². The first kappa shape index (κ1) is 16.7. The first-order valence-corrected chi connectivity index (χ1v) is 10.5. The molecular formula is C15H31NSi. The highest BCUT2D eigenvalue weighted by molar-refractivity contribution is 6.83.